The highest BCUT2D eigenvalue weighted by atomic mass is 16.5. The van der Waals surface area contributed by atoms with Crippen molar-refractivity contribution in [2.45, 2.75) is 34.1 Å². The number of ether oxygens (including phenoxy) is 1. The van der Waals surface area contributed by atoms with Crippen LogP contribution in [-0.2, 0) is 0 Å². The second-order valence-electron chi connectivity index (χ2n) is 5.13. The maximum absolute atomic E-state index is 12.2. The summed E-state index contributed by atoms with van der Waals surface area (Å²) in [5.74, 6) is 0.812. The Morgan fingerprint density at radius 2 is 1.86 bits per heavy atom. The molecule has 2 amide bonds. The molecule has 0 heterocycles. The number of nitrogens with one attached hydrogen (secondary N) is 3. The lowest BCUT2D eigenvalue weighted by molar-refractivity contribution is 0.251. The fraction of sp³-hybridized carbons (Fsp3) is 0.500. The van der Waals surface area contributed by atoms with Crippen molar-refractivity contribution in [1.82, 2.24) is 10.6 Å². The highest BCUT2D eigenvalue weighted by Gasteiger charge is 2.17. The van der Waals surface area contributed by atoms with E-state index in [0.717, 1.165) is 29.0 Å². The monoisotopic (exact) mass is 306 g/mol. The Balaban J connectivity index is 2.86. The van der Waals surface area contributed by atoms with E-state index in [4.69, 9.17) is 10.1 Å². The smallest absolute Gasteiger partial charge is 0.328 e. The maximum atomic E-state index is 12.2. The number of nitrogens with zero attached hydrogens (tertiary/aromatic N) is 1. The minimum absolute atomic E-state index is 0.0138. The van der Waals surface area contributed by atoms with Crippen molar-refractivity contribution < 1.29 is 9.53 Å². The van der Waals surface area contributed by atoms with Crippen LogP contribution in [0.25, 0.3) is 0 Å². The van der Waals surface area contributed by atoms with Gasteiger partial charge in [-0.2, -0.15) is 0 Å². The Hall–Kier alpha value is -2.24. The molecule has 0 spiro atoms. The fourth-order valence-corrected chi connectivity index (χ4v) is 2.28. The van der Waals surface area contributed by atoms with Crippen LogP contribution in [0.5, 0.6) is 5.75 Å². The lowest BCUT2D eigenvalue weighted by Crippen LogP contribution is -2.46. The van der Waals surface area contributed by atoms with Crippen molar-refractivity contribution >= 4 is 17.7 Å². The molecule has 122 valence electrons. The molecule has 0 radical (unpaired) electrons. The van der Waals surface area contributed by atoms with Gasteiger partial charge in [-0.15, -0.1) is 0 Å². The SMILES string of the molecule is CCCNC(=N)NC(=O)N(C)c1c(C)cc(OCC)cc1C. The maximum Gasteiger partial charge on any atom is 0.328 e. The van der Waals surface area contributed by atoms with Crippen molar-refractivity contribution in [3.05, 3.63) is 23.3 Å². The molecule has 6 nitrogen and oxygen atoms in total. The summed E-state index contributed by atoms with van der Waals surface area (Å²) in [6.07, 6.45) is 0.894. The van der Waals surface area contributed by atoms with Gasteiger partial charge in [0.1, 0.15) is 5.75 Å². The van der Waals surface area contributed by atoms with Crippen LogP contribution in [0.15, 0.2) is 12.1 Å². The van der Waals surface area contributed by atoms with E-state index in [1.165, 1.54) is 4.90 Å². The normalized spacial score (nSPS) is 10.0. The Labute approximate surface area is 132 Å². The second kappa shape index (κ2) is 8.26. The number of rotatable bonds is 5. The number of anilines is 1. The third-order valence-electron chi connectivity index (χ3n) is 3.20. The number of aryl methyl sites for hydroxylation is 2. The first-order valence-corrected chi connectivity index (χ1v) is 7.51. The number of urea groups is 1. The lowest BCUT2D eigenvalue weighted by Gasteiger charge is -2.23. The van der Waals surface area contributed by atoms with Gasteiger partial charge in [-0.3, -0.25) is 15.6 Å². The van der Waals surface area contributed by atoms with Gasteiger partial charge in [0, 0.05) is 13.6 Å². The minimum atomic E-state index is -0.344. The number of carbonyl (C=O) groups excluding carboxylic acids is 1. The van der Waals surface area contributed by atoms with Gasteiger partial charge in [0.25, 0.3) is 0 Å². The molecule has 0 aliphatic rings. The molecule has 0 bridgehead atoms. The van der Waals surface area contributed by atoms with Gasteiger partial charge in [-0.05, 0) is 50.5 Å². The molecule has 0 unspecified atom stereocenters. The summed E-state index contributed by atoms with van der Waals surface area (Å²) in [6.45, 7) is 9.08. The van der Waals surface area contributed by atoms with Crippen LogP contribution in [0.1, 0.15) is 31.4 Å². The molecule has 22 heavy (non-hydrogen) atoms. The van der Waals surface area contributed by atoms with E-state index in [9.17, 15) is 4.79 Å². The first-order chi connectivity index (χ1) is 10.4. The predicted molar refractivity (Wildman–Crippen MR) is 90.0 cm³/mol. The minimum Gasteiger partial charge on any atom is -0.494 e. The Morgan fingerprint density at radius 3 is 2.36 bits per heavy atom. The quantitative estimate of drug-likeness (QED) is 0.578. The lowest BCUT2D eigenvalue weighted by atomic mass is 10.1. The summed E-state index contributed by atoms with van der Waals surface area (Å²) in [4.78, 5) is 13.8. The van der Waals surface area contributed by atoms with Crippen LogP contribution in [0.3, 0.4) is 0 Å². The zero-order valence-corrected chi connectivity index (χ0v) is 14.0. The molecule has 0 fully saturated rings. The number of carbonyl (C=O) groups is 1. The van der Waals surface area contributed by atoms with Crippen molar-refractivity contribution in [2.75, 3.05) is 25.1 Å². The zero-order chi connectivity index (χ0) is 16.7. The van der Waals surface area contributed by atoms with Gasteiger partial charge in [0.2, 0.25) is 0 Å². The van der Waals surface area contributed by atoms with E-state index >= 15 is 0 Å². The van der Waals surface area contributed by atoms with Crippen LogP contribution < -0.4 is 20.3 Å². The van der Waals surface area contributed by atoms with Crippen LogP contribution >= 0.6 is 0 Å². The Kier molecular flexibility index (Phi) is 6.69. The van der Waals surface area contributed by atoms with Crippen LogP contribution in [0.4, 0.5) is 10.5 Å². The van der Waals surface area contributed by atoms with E-state index < -0.39 is 0 Å². The number of guanidine groups is 1. The van der Waals surface area contributed by atoms with E-state index in [2.05, 4.69) is 10.6 Å². The number of hydrogen-bond donors (Lipinski definition) is 3. The molecule has 0 aliphatic carbocycles. The largest absolute Gasteiger partial charge is 0.494 e. The zero-order valence-electron chi connectivity index (χ0n) is 14.0. The molecular weight excluding hydrogens is 280 g/mol. The van der Waals surface area contributed by atoms with Gasteiger partial charge in [0.15, 0.2) is 5.96 Å². The summed E-state index contributed by atoms with van der Waals surface area (Å²) < 4.78 is 5.51. The molecule has 1 aromatic carbocycles. The molecule has 0 aliphatic heterocycles. The van der Waals surface area contributed by atoms with Gasteiger partial charge in [-0.25, -0.2) is 4.79 Å². The van der Waals surface area contributed by atoms with E-state index in [1.54, 1.807) is 7.05 Å². The average molecular weight is 306 g/mol. The molecular formula is C16H26N4O2. The van der Waals surface area contributed by atoms with Crippen LogP contribution in [0.2, 0.25) is 0 Å². The van der Waals surface area contributed by atoms with E-state index in [-0.39, 0.29) is 12.0 Å². The molecule has 0 saturated heterocycles. The Morgan fingerprint density at radius 1 is 1.27 bits per heavy atom. The predicted octanol–water partition coefficient (Wildman–Crippen LogP) is 2.78. The third kappa shape index (κ3) is 4.65. The average Bonchev–Trinajstić information content (AvgIpc) is 2.44. The topological polar surface area (TPSA) is 77.5 Å². The molecule has 1 rings (SSSR count). The van der Waals surface area contributed by atoms with Gasteiger partial charge in [-0.1, -0.05) is 6.92 Å². The number of hydrogen-bond acceptors (Lipinski definition) is 3. The van der Waals surface area contributed by atoms with Crippen molar-refractivity contribution in [3.63, 3.8) is 0 Å². The van der Waals surface area contributed by atoms with Crippen LogP contribution in [0, 0.1) is 19.3 Å². The first-order valence-electron chi connectivity index (χ1n) is 7.51. The first kappa shape index (κ1) is 17.8. The second-order valence-corrected chi connectivity index (χ2v) is 5.13. The summed E-state index contributed by atoms with van der Waals surface area (Å²) in [5.41, 5.74) is 2.73. The van der Waals surface area contributed by atoms with Gasteiger partial charge in [0.05, 0.1) is 12.3 Å². The third-order valence-corrected chi connectivity index (χ3v) is 3.20. The fourth-order valence-electron chi connectivity index (χ4n) is 2.28. The molecule has 0 atom stereocenters. The Bertz CT molecular complexity index is 520. The molecule has 3 N–H and O–H groups in total. The molecule has 0 aromatic heterocycles. The summed E-state index contributed by atoms with van der Waals surface area (Å²) in [7, 11) is 1.69. The standard InChI is InChI=1S/C16H26N4O2/c1-6-8-18-15(17)19-16(21)20(5)14-11(3)9-13(22-7-2)10-12(14)4/h9-10H,6-8H2,1-5H3,(H3,17,18,19,21). The molecule has 6 heteroatoms. The highest BCUT2D eigenvalue weighted by Crippen LogP contribution is 2.29. The number of amides is 2. The van der Waals surface area contributed by atoms with E-state index in [0.29, 0.717) is 13.2 Å². The van der Waals surface area contributed by atoms with Crippen LogP contribution in [-0.4, -0.2) is 32.2 Å². The summed E-state index contributed by atoms with van der Waals surface area (Å²) >= 11 is 0. The van der Waals surface area contributed by atoms with Gasteiger partial charge >= 0.3 is 6.03 Å². The van der Waals surface area contributed by atoms with Crippen molar-refractivity contribution in [2.24, 2.45) is 0 Å². The highest BCUT2D eigenvalue weighted by molar-refractivity contribution is 6.03. The molecule has 1 aromatic rings. The van der Waals surface area contributed by atoms with E-state index in [1.807, 2.05) is 39.8 Å². The summed E-state index contributed by atoms with van der Waals surface area (Å²) in [6, 6.07) is 3.48. The summed E-state index contributed by atoms with van der Waals surface area (Å²) in [5, 5.41) is 13.0. The van der Waals surface area contributed by atoms with Crippen molar-refractivity contribution in [1.29, 1.82) is 5.41 Å². The molecule has 0 saturated carbocycles. The van der Waals surface area contributed by atoms with Gasteiger partial charge < -0.3 is 10.1 Å². The van der Waals surface area contributed by atoms with Crippen molar-refractivity contribution in [3.8, 4) is 5.75 Å². The number of benzene rings is 1.